The van der Waals surface area contributed by atoms with Crippen LogP contribution in [0.5, 0.6) is 5.75 Å². The smallest absolute Gasteiger partial charge is 0.126 e. The summed E-state index contributed by atoms with van der Waals surface area (Å²) in [6.07, 6.45) is 5.48. The van der Waals surface area contributed by atoms with Crippen molar-refractivity contribution in [2.24, 2.45) is 0 Å². The first-order valence-electron chi connectivity index (χ1n) is 5.91. The fourth-order valence-electron chi connectivity index (χ4n) is 1.65. The maximum absolute atomic E-state index is 5.55. The zero-order valence-electron chi connectivity index (χ0n) is 10.5. The van der Waals surface area contributed by atoms with E-state index in [1.165, 1.54) is 5.56 Å². The summed E-state index contributed by atoms with van der Waals surface area (Å²) in [7, 11) is 0. The van der Waals surface area contributed by atoms with Gasteiger partial charge in [0.05, 0.1) is 6.26 Å². The van der Waals surface area contributed by atoms with Gasteiger partial charge in [-0.3, -0.25) is 0 Å². The Kier molecular flexibility index (Phi) is 3.98. The van der Waals surface area contributed by atoms with Gasteiger partial charge in [-0.05, 0) is 36.3 Å². The summed E-state index contributed by atoms with van der Waals surface area (Å²) in [4.78, 5) is 0. The molecule has 2 aromatic rings. The minimum absolute atomic E-state index is 0.841. The molecule has 0 atom stereocenters. The summed E-state index contributed by atoms with van der Waals surface area (Å²) >= 11 is 0. The van der Waals surface area contributed by atoms with E-state index < -0.39 is 0 Å². The van der Waals surface area contributed by atoms with Gasteiger partial charge in [0.25, 0.3) is 0 Å². The van der Waals surface area contributed by atoms with Gasteiger partial charge in [0.1, 0.15) is 5.75 Å². The molecule has 2 rings (SSSR count). The number of hydrogen-bond donors (Lipinski definition) is 0. The Morgan fingerprint density at radius 3 is 2.28 bits per heavy atom. The van der Waals surface area contributed by atoms with Gasteiger partial charge >= 0.3 is 0 Å². The van der Waals surface area contributed by atoms with Crippen molar-refractivity contribution in [2.75, 3.05) is 0 Å². The predicted octanol–water partition coefficient (Wildman–Crippen LogP) is 4.69. The molecule has 0 saturated carbocycles. The summed E-state index contributed by atoms with van der Waals surface area (Å²) < 4.78 is 5.55. The summed E-state index contributed by atoms with van der Waals surface area (Å²) in [5.41, 5.74) is 3.42. The quantitative estimate of drug-likeness (QED) is 0.700. The van der Waals surface area contributed by atoms with Crippen molar-refractivity contribution in [1.82, 2.24) is 0 Å². The average Bonchev–Trinajstić information content (AvgIpc) is 2.41. The van der Waals surface area contributed by atoms with Crippen LogP contribution in [0.1, 0.15) is 16.7 Å². The van der Waals surface area contributed by atoms with Gasteiger partial charge < -0.3 is 4.74 Å². The fraction of sp³-hybridized carbons (Fsp3) is 0.0588. The second-order valence-electron chi connectivity index (χ2n) is 4.07. The van der Waals surface area contributed by atoms with E-state index in [9.17, 15) is 0 Å². The molecule has 18 heavy (non-hydrogen) atoms. The molecule has 0 aromatic heterocycles. The standard InChI is InChI=1S/C17H16O/c1-3-15-6-4-5-7-16(15)12-13-18-17-10-8-14(2)9-11-17/h3-13H,1H2,2H3/b13-12-. The monoisotopic (exact) mass is 236 g/mol. The van der Waals surface area contributed by atoms with Gasteiger partial charge in [0, 0.05) is 0 Å². The molecule has 90 valence electrons. The molecule has 0 fully saturated rings. The molecule has 0 radical (unpaired) electrons. The molecule has 1 nitrogen and oxygen atoms in total. The fourth-order valence-corrected chi connectivity index (χ4v) is 1.65. The van der Waals surface area contributed by atoms with Crippen molar-refractivity contribution in [1.29, 1.82) is 0 Å². The highest BCUT2D eigenvalue weighted by Gasteiger charge is 1.93. The predicted molar refractivity (Wildman–Crippen MR) is 77.4 cm³/mol. The third-order valence-corrected chi connectivity index (χ3v) is 2.69. The molecular weight excluding hydrogens is 220 g/mol. The molecular formula is C17H16O. The molecule has 0 aliphatic heterocycles. The molecule has 0 spiro atoms. The molecule has 0 bridgehead atoms. The SMILES string of the molecule is C=Cc1ccccc1/C=C\Oc1ccc(C)cc1. The third kappa shape index (κ3) is 3.11. The lowest BCUT2D eigenvalue weighted by Gasteiger charge is -2.02. The van der Waals surface area contributed by atoms with E-state index in [4.69, 9.17) is 4.74 Å². The van der Waals surface area contributed by atoms with Crippen LogP contribution in [0.15, 0.2) is 61.4 Å². The Labute approximate surface area is 108 Å². The summed E-state index contributed by atoms with van der Waals surface area (Å²) in [5.74, 6) is 0.841. The average molecular weight is 236 g/mol. The van der Waals surface area contributed by atoms with E-state index in [0.29, 0.717) is 0 Å². The van der Waals surface area contributed by atoms with E-state index in [2.05, 4.69) is 13.5 Å². The lowest BCUT2D eigenvalue weighted by Crippen LogP contribution is -1.83. The van der Waals surface area contributed by atoms with Crippen molar-refractivity contribution < 1.29 is 4.74 Å². The topological polar surface area (TPSA) is 9.23 Å². The van der Waals surface area contributed by atoms with Gasteiger partial charge in [0.2, 0.25) is 0 Å². The van der Waals surface area contributed by atoms with E-state index in [-0.39, 0.29) is 0 Å². The van der Waals surface area contributed by atoms with Crippen LogP contribution in [0, 0.1) is 6.92 Å². The minimum atomic E-state index is 0.841. The molecule has 0 aliphatic carbocycles. The van der Waals surface area contributed by atoms with Crippen LogP contribution in [0.25, 0.3) is 12.2 Å². The lowest BCUT2D eigenvalue weighted by atomic mass is 10.1. The second-order valence-corrected chi connectivity index (χ2v) is 4.07. The van der Waals surface area contributed by atoms with Crippen molar-refractivity contribution in [3.05, 3.63) is 78.1 Å². The van der Waals surface area contributed by atoms with Gasteiger partial charge in [-0.25, -0.2) is 0 Å². The molecule has 1 heteroatoms. The zero-order valence-corrected chi connectivity index (χ0v) is 10.5. The van der Waals surface area contributed by atoms with E-state index in [1.54, 1.807) is 6.26 Å². The van der Waals surface area contributed by atoms with Crippen molar-refractivity contribution in [3.8, 4) is 5.75 Å². The molecule has 0 unspecified atom stereocenters. The summed E-state index contributed by atoms with van der Waals surface area (Å²) in [6.45, 7) is 5.85. The molecule has 0 aliphatic rings. The largest absolute Gasteiger partial charge is 0.465 e. The maximum atomic E-state index is 5.55. The van der Waals surface area contributed by atoms with Gasteiger partial charge in [-0.15, -0.1) is 0 Å². The van der Waals surface area contributed by atoms with Crippen LogP contribution in [0.2, 0.25) is 0 Å². The van der Waals surface area contributed by atoms with Crippen LogP contribution in [0.4, 0.5) is 0 Å². The second kappa shape index (κ2) is 5.87. The number of aryl methyl sites for hydroxylation is 1. The van der Waals surface area contributed by atoms with Crippen LogP contribution in [-0.2, 0) is 0 Å². The maximum Gasteiger partial charge on any atom is 0.126 e. The van der Waals surface area contributed by atoms with Crippen molar-refractivity contribution in [2.45, 2.75) is 6.92 Å². The van der Waals surface area contributed by atoms with Crippen LogP contribution >= 0.6 is 0 Å². The third-order valence-electron chi connectivity index (χ3n) is 2.69. The molecule has 2 aromatic carbocycles. The van der Waals surface area contributed by atoms with Gasteiger partial charge in [-0.1, -0.05) is 54.6 Å². The minimum Gasteiger partial charge on any atom is -0.465 e. The highest BCUT2D eigenvalue weighted by molar-refractivity contribution is 5.63. The van der Waals surface area contributed by atoms with E-state index >= 15 is 0 Å². The van der Waals surface area contributed by atoms with E-state index in [1.807, 2.05) is 60.7 Å². The van der Waals surface area contributed by atoms with Crippen molar-refractivity contribution in [3.63, 3.8) is 0 Å². The van der Waals surface area contributed by atoms with Crippen molar-refractivity contribution >= 4 is 12.2 Å². The number of benzene rings is 2. The molecule has 0 heterocycles. The zero-order chi connectivity index (χ0) is 12.8. The lowest BCUT2D eigenvalue weighted by molar-refractivity contribution is 0.485. The molecule has 0 N–H and O–H groups in total. The Balaban J connectivity index is 2.07. The first-order chi connectivity index (χ1) is 8.79. The summed E-state index contributed by atoms with van der Waals surface area (Å²) in [5, 5.41) is 0. The number of ether oxygens (including phenoxy) is 1. The van der Waals surface area contributed by atoms with Crippen LogP contribution < -0.4 is 4.74 Å². The highest BCUT2D eigenvalue weighted by atomic mass is 16.5. The summed E-state index contributed by atoms with van der Waals surface area (Å²) in [6, 6.07) is 16.0. The first kappa shape index (κ1) is 12.2. The Bertz CT molecular complexity index is 550. The van der Waals surface area contributed by atoms with Gasteiger partial charge in [0.15, 0.2) is 0 Å². The number of hydrogen-bond acceptors (Lipinski definition) is 1. The first-order valence-corrected chi connectivity index (χ1v) is 5.91. The Morgan fingerprint density at radius 1 is 0.944 bits per heavy atom. The molecule has 0 amide bonds. The molecule has 0 saturated heterocycles. The van der Waals surface area contributed by atoms with E-state index in [0.717, 1.165) is 16.9 Å². The van der Waals surface area contributed by atoms with Gasteiger partial charge in [-0.2, -0.15) is 0 Å². The normalized spacial score (nSPS) is 10.5. The van der Waals surface area contributed by atoms with Crippen LogP contribution in [-0.4, -0.2) is 0 Å². The Morgan fingerprint density at radius 2 is 1.61 bits per heavy atom. The Hall–Kier alpha value is -2.28. The highest BCUT2D eigenvalue weighted by Crippen LogP contribution is 2.14. The van der Waals surface area contributed by atoms with Crippen LogP contribution in [0.3, 0.4) is 0 Å². The number of rotatable bonds is 4.